The molecule has 0 aliphatic rings. The van der Waals surface area contributed by atoms with Crippen molar-refractivity contribution >= 4 is 183 Å². The molecule has 43 heteroatoms. The molecule has 14 aromatic rings. The molecule has 11 N–H and O–H groups in total. The Labute approximate surface area is 781 Å². The maximum Gasteiger partial charge on any atom is 0.354 e. The van der Waals surface area contributed by atoms with E-state index < -0.39 is 68.6 Å². The topological polar surface area (TPSA) is 550 Å². The van der Waals surface area contributed by atoms with Gasteiger partial charge in [0.1, 0.15) is 45.0 Å². The molecule has 4 amide bonds. The molecule has 136 heavy (non-hydrogen) atoms. The molecule has 0 saturated heterocycles. The number of aromatic carboxylic acids is 1. The van der Waals surface area contributed by atoms with Crippen LogP contribution in [0.4, 0.5) is 62.6 Å². The minimum atomic E-state index is -3.62. The van der Waals surface area contributed by atoms with Crippen molar-refractivity contribution in [3.63, 3.8) is 0 Å². The highest BCUT2D eigenvalue weighted by molar-refractivity contribution is 7.92. The monoisotopic (exact) mass is 1920 g/mol. The van der Waals surface area contributed by atoms with E-state index in [2.05, 4.69) is 45.4 Å². The smallest absolute Gasteiger partial charge is 0.354 e. The summed E-state index contributed by atoms with van der Waals surface area (Å²) in [6, 6.07) is 46.4. The number of non-ortho nitro benzene ring substituents is 3. The zero-order valence-electron chi connectivity index (χ0n) is 77.8. The lowest BCUT2D eigenvalue weighted by atomic mass is 9.86. The summed E-state index contributed by atoms with van der Waals surface area (Å²) in [6.07, 6.45) is 6.21. The first-order valence-electron chi connectivity index (χ1n) is 41.3. The van der Waals surface area contributed by atoms with Gasteiger partial charge in [-0.2, -0.15) is 0 Å². The quantitative estimate of drug-likeness (QED) is 0.0123. The summed E-state index contributed by atoms with van der Waals surface area (Å²) in [4.78, 5) is 113. The fourth-order valence-electron chi connectivity index (χ4n) is 14.7. The van der Waals surface area contributed by atoms with Gasteiger partial charge in [-0.15, -0.1) is 0 Å². The first-order valence-corrected chi connectivity index (χ1v) is 47.0. The van der Waals surface area contributed by atoms with E-state index in [0.29, 0.717) is 77.9 Å². The Bertz CT molecular complexity index is 7470. The number of H-pyrrole nitrogens is 1. The number of pyridine rings is 1. The molecule has 40 nitrogen and oxygen atoms in total. The summed E-state index contributed by atoms with van der Waals surface area (Å²) in [5, 5.41) is 56.7. The van der Waals surface area contributed by atoms with Gasteiger partial charge in [0.05, 0.1) is 124 Å². The number of esters is 1. The summed E-state index contributed by atoms with van der Waals surface area (Å²) in [6.45, 7) is 19.8. The number of ether oxygens (including phenoxy) is 4. The van der Waals surface area contributed by atoms with Gasteiger partial charge in [-0.3, -0.25) is 68.7 Å². The van der Waals surface area contributed by atoms with Crippen LogP contribution in [0.15, 0.2) is 182 Å². The second kappa shape index (κ2) is 40.7. The zero-order chi connectivity index (χ0) is 101. The number of carbonyl (C=O) groups is 6. The Morgan fingerprint density at radius 3 is 1.11 bits per heavy atom. The number of carboxylic acids is 1. The predicted molar refractivity (Wildman–Crippen MR) is 524 cm³/mol. The van der Waals surface area contributed by atoms with Gasteiger partial charge >= 0.3 is 11.9 Å². The average molecular weight is 1920 g/mol. The number of nitro groups is 3. The Hall–Kier alpha value is -15.9. The number of carbonyl (C=O) groups excluding carboxylic acids is 5. The van der Waals surface area contributed by atoms with Crippen molar-refractivity contribution in [3.8, 4) is 17.2 Å². The first-order chi connectivity index (χ1) is 63.5. The van der Waals surface area contributed by atoms with E-state index in [4.69, 9.17) is 29.8 Å². The van der Waals surface area contributed by atoms with Gasteiger partial charge in [-0.05, 0) is 131 Å². The molecule has 0 unspecified atom stereocenters. The third-order valence-electron chi connectivity index (χ3n) is 21.1. The lowest BCUT2D eigenvalue weighted by molar-refractivity contribution is -0.383. The van der Waals surface area contributed by atoms with Crippen molar-refractivity contribution in [2.45, 2.75) is 85.5 Å². The molecule has 716 valence electrons. The van der Waals surface area contributed by atoms with Crippen LogP contribution in [0.2, 0.25) is 0 Å². The number of nitrogens with two attached hydrogens (primary N) is 1. The minimum absolute atomic E-state index is 0.0318. The van der Waals surface area contributed by atoms with Crippen LogP contribution in [-0.4, -0.2) is 156 Å². The Morgan fingerprint density at radius 1 is 0.426 bits per heavy atom. The molecule has 0 bridgehead atoms. The standard InChI is InChI=1S/C28H31N5O5S.C22H26N4O6S.C22H28N4O4S.C11H10N2O4.C10H8N2O4/c1-28(2,3)19-14-21(25(38-5)22(15-19)32-39(6,36)37)31-27(35)23-13-17-9-7-11-20(24(17)33(23)4)30-26(34)18-10-8-12-29-16-18;1-22(2,3)14-11-15(20(32-5)16(12-14)24-33(6,30)31)23-21(27)18-10-13-8-7-9-17(26(28)29)19(13)25(18)4;1-22(2,3)14-11-16(20(30-5)17(12-14)25-31(6,28)29)24-21(27)18-10-13-8-7-9-15(23)19(13)26(18)4;1-2-17-11(14)8-6-7-4-3-5-9(13(15)16)10(7)12-8;1-11-8(10(13)14)5-6-3-2-4-7(9(6)11)12(15)16/h7-16,32H,1-6H3,(H,30,34)(H,31,35);7-12,24H,1-6H3,(H,23,27);7-12,25H,23H2,1-6H3,(H,24,27);3-6,12H,2H2,1H3;2-5H,1H3,(H,13,14). The van der Waals surface area contributed by atoms with Crippen LogP contribution in [0.3, 0.4) is 0 Å². The minimum Gasteiger partial charge on any atom is -0.492 e. The zero-order valence-corrected chi connectivity index (χ0v) is 80.3. The van der Waals surface area contributed by atoms with Crippen LogP contribution in [0.25, 0.3) is 54.5 Å². The van der Waals surface area contributed by atoms with Crippen molar-refractivity contribution < 1.29 is 92.8 Å². The molecule has 0 radical (unpaired) electrons. The van der Waals surface area contributed by atoms with E-state index in [9.17, 15) is 84.4 Å². The number of sulfonamides is 3. The molecular formula is C93H103N17O23S3. The lowest BCUT2D eigenvalue weighted by Crippen LogP contribution is -2.19. The number of rotatable bonds is 23. The van der Waals surface area contributed by atoms with Crippen molar-refractivity contribution in [1.29, 1.82) is 0 Å². The van der Waals surface area contributed by atoms with E-state index in [1.165, 1.54) is 74.0 Å². The highest BCUT2D eigenvalue weighted by Crippen LogP contribution is 2.44. The van der Waals surface area contributed by atoms with Crippen molar-refractivity contribution in [3.05, 3.63) is 263 Å². The van der Waals surface area contributed by atoms with Gasteiger partial charge in [0.2, 0.25) is 30.1 Å². The molecule has 6 heterocycles. The van der Waals surface area contributed by atoms with Crippen LogP contribution >= 0.6 is 0 Å². The molecule has 0 fully saturated rings. The molecule has 8 aromatic carbocycles. The van der Waals surface area contributed by atoms with Crippen molar-refractivity contribution in [2.24, 2.45) is 28.2 Å². The van der Waals surface area contributed by atoms with E-state index in [-0.39, 0.29) is 109 Å². The van der Waals surface area contributed by atoms with Gasteiger partial charge in [0, 0.05) is 85.7 Å². The number of fused-ring (bicyclic) bond motifs is 5. The first kappa shape index (κ1) is 102. The van der Waals surface area contributed by atoms with Gasteiger partial charge in [-0.25, -0.2) is 34.8 Å². The normalized spacial score (nSPS) is 11.6. The summed E-state index contributed by atoms with van der Waals surface area (Å²) in [5.41, 5.74) is 13.9. The van der Waals surface area contributed by atoms with Crippen LogP contribution in [0.5, 0.6) is 17.2 Å². The highest BCUT2D eigenvalue weighted by atomic mass is 32.2. The predicted octanol–water partition coefficient (Wildman–Crippen LogP) is 16.5. The van der Waals surface area contributed by atoms with E-state index in [0.717, 1.165) is 51.7 Å². The fraction of sp³-hybridized carbons (Fsp3) is 0.258. The number of nitrogens with zero attached hydrogens (tertiary/aromatic N) is 8. The Kier molecular flexibility index (Phi) is 30.6. The number of amides is 4. The number of methoxy groups -OCH3 is 3. The average Bonchev–Trinajstić information content (AvgIpc) is 1.63. The molecule has 0 saturated carbocycles. The van der Waals surface area contributed by atoms with Gasteiger partial charge in [0.25, 0.3) is 40.7 Å². The number of hydrogen-bond donors (Lipinski definition) is 10. The van der Waals surface area contributed by atoms with Gasteiger partial charge in [0.15, 0.2) is 17.2 Å². The molecule has 0 aliphatic carbocycles. The lowest BCUT2D eigenvalue weighted by Gasteiger charge is -2.24. The Morgan fingerprint density at radius 2 is 0.757 bits per heavy atom. The molecular weight excluding hydrogens is 1820 g/mol. The molecule has 0 atom stereocenters. The van der Waals surface area contributed by atoms with E-state index in [1.807, 2.05) is 80.5 Å². The largest absolute Gasteiger partial charge is 0.492 e. The van der Waals surface area contributed by atoms with Crippen molar-refractivity contribution in [2.75, 3.05) is 87.9 Å². The van der Waals surface area contributed by atoms with Crippen molar-refractivity contribution in [1.82, 2.24) is 28.2 Å². The second-order valence-electron chi connectivity index (χ2n) is 34.3. The third kappa shape index (κ3) is 23.9. The number of nitrogen functional groups attached to an aromatic ring is 1. The number of hydrogen-bond acceptors (Lipinski definition) is 24. The number of aryl methyl sites for hydroxylation is 4. The fourth-order valence-corrected chi connectivity index (χ4v) is 16.4. The van der Waals surface area contributed by atoms with Crippen LogP contribution in [-0.2, 0) is 79.2 Å². The SMILES string of the molecule is CCOC(=O)c1cc2cccc([N+](=O)[O-])c2[nH]1.COc1c(NC(=O)c2cc3cccc(N)c3n2C)cc(C(C)(C)C)cc1NS(C)(=O)=O.COc1c(NC(=O)c2cc3cccc(NC(=O)c4cccnc4)c3n2C)cc(C(C)(C)C)cc1NS(C)(=O)=O.COc1c(NC(=O)c2cc3cccc([N+](=O)[O-])c3n2C)cc(C(C)(C)C)cc1NS(C)(=O)=O.Cn1c(C(=O)O)cc2cccc([N+](=O)[O-])c21. The van der Waals surface area contributed by atoms with E-state index >= 15 is 0 Å². The van der Waals surface area contributed by atoms with Crippen LogP contribution < -0.4 is 55.4 Å². The van der Waals surface area contributed by atoms with Gasteiger partial charge in [-0.1, -0.05) is 123 Å². The third-order valence-corrected chi connectivity index (χ3v) is 22.9. The summed E-state index contributed by atoms with van der Waals surface area (Å²) >= 11 is 0. The highest BCUT2D eigenvalue weighted by Gasteiger charge is 2.31. The number of para-hydroxylation sites is 5. The molecule has 0 spiro atoms. The van der Waals surface area contributed by atoms with Crippen LogP contribution in [0, 0.1) is 30.3 Å². The van der Waals surface area contributed by atoms with Gasteiger partial charge < -0.3 is 74.3 Å². The summed E-state index contributed by atoms with van der Waals surface area (Å²) in [5.74, 6) is -2.72. The maximum atomic E-state index is 13.6. The Balaban J connectivity index is 0.000000182. The van der Waals surface area contributed by atoms with Crippen LogP contribution in [0.1, 0.15) is 149 Å². The second-order valence-corrected chi connectivity index (χ2v) is 39.5. The summed E-state index contributed by atoms with van der Waals surface area (Å²) < 4.78 is 106. The number of benzene rings is 8. The molecule has 0 aliphatic heterocycles. The number of anilines is 8. The maximum absolute atomic E-state index is 13.6. The molecule has 14 rings (SSSR count). The number of aromatic amines is 1. The number of nitrogens with one attached hydrogen (secondary N) is 8. The number of carboxylic acid groups (broad SMARTS) is 1. The number of nitro benzene ring substituents is 3. The summed E-state index contributed by atoms with van der Waals surface area (Å²) in [7, 11) is -0.0144. The molecule has 6 aromatic heterocycles. The number of aromatic nitrogens is 6. The van der Waals surface area contributed by atoms with E-state index in [1.54, 1.807) is 165 Å².